The predicted molar refractivity (Wildman–Crippen MR) is 67.8 cm³/mol. The van der Waals surface area contributed by atoms with Gasteiger partial charge in [0.2, 0.25) is 11.7 Å². The number of nitrogens with zero attached hydrogens (tertiary/aromatic N) is 3. The average Bonchev–Trinajstić information content (AvgIpc) is 2.88. The van der Waals surface area contributed by atoms with Crippen molar-refractivity contribution in [1.29, 1.82) is 0 Å². The Balaban J connectivity index is 2.19. The van der Waals surface area contributed by atoms with Crippen molar-refractivity contribution in [2.45, 2.75) is 20.0 Å². The van der Waals surface area contributed by atoms with E-state index in [4.69, 9.17) is 19.7 Å². The van der Waals surface area contributed by atoms with E-state index in [0.717, 1.165) is 0 Å². The van der Waals surface area contributed by atoms with Crippen molar-refractivity contribution >= 4 is 6.09 Å². The molecule has 20 heavy (non-hydrogen) atoms. The van der Waals surface area contributed by atoms with Crippen LogP contribution in [-0.4, -0.2) is 27.8 Å². The normalized spacial score (nSPS) is 11.9. The molecule has 0 saturated carbocycles. The number of rotatable bonds is 5. The van der Waals surface area contributed by atoms with Crippen molar-refractivity contribution in [2.24, 2.45) is 5.73 Å². The first-order valence-electron chi connectivity index (χ1n) is 5.99. The quantitative estimate of drug-likeness (QED) is 0.884. The Labute approximate surface area is 114 Å². The van der Waals surface area contributed by atoms with E-state index in [1.807, 2.05) is 6.92 Å². The summed E-state index contributed by atoms with van der Waals surface area (Å²) in [4.78, 5) is 18.8. The Hall–Kier alpha value is -2.64. The van der Waals surface area contributed by atoms with Gasteiger partial charge < -0.3 is 19.7 Å². The second-order valence-electron chi connectivity index (χ2n) is 3.85. The van der Waals surface area contributed by atoms with Crippen LogP contribution in [0.25, 0.3) is 11.4 Å². The minimum absolute atomic E-state index is 0.161. The summed E-state index contributed by atoms with van der Waals surface area (Å²) in [6.07, 6.45) is -0.0265. The minimum atomic E-state index is -0.903. The molecule has 0 unspecified atom stereocenters. The van der Waals surface area contributed by atoms with Gasteiger partial charge in [-0.25, -0.2) is 9.78 Å². The third kappa shape index (κ3) is 3.22. The van der Waals surface area contributed by atoms with Crippen LogP contribution in [0.4, 0.5) is 4.79 Å². The first-order valence-corrected chi connectivity index (χ1v) is 5.99. The van der Waals surface area contributed by atoms with Crippen molar-refractivity contribution in [1.82, 2.24) is 15.1 Å². The van der Waals surface area contributed by atoms with Gasteiger partial charge in [0, 0.05) is 17.8 Å². The number of pyridine rings is 1. The maximum absolute atomic E-state index is 10.7. The number of ether oxygens (including phenoxy) is 2. The highest BCUT2D eigenvalue weighted by atomic mass is 16.6. The fourth-order valence-corrected chi connectivity index (χ4v) is 1.52. The van der Waals surface area contributed by atoms with Crippen LogP contribution >= 0.6 is 0 Å². The Kier molecular flexibility index (Phi) is 4.14. The van der Waals surface area contributed by atoms with E-state index in [1.54, 1.807) is 25.3 Å². The molecule has 0 aliphatic carbocycles. The third-order valence-electron chi connectivity index (χ3n) is 2.37. The maximum atomic E-state index is 10.7. The van der Waals surface area contributed by atoms with Crippen LogP contribution in [0, 0.1) is 0 Å². The molecule has 0 aromatic carbocycles. The van der Waals surface area contributed by atoms with Crippen LogP contribution in [-0.2, 0) is 4.74 Å². The van der Waals surface area contributed by atoms with Gasteiger partial charge in [0.25, 0.3) is 5.89 Å². The fourth-order valence-electron chi connectivity index (χ4n) is 1.52. The third-order valence-corrected chi connectivity index (χ3v) is 2.37. The topological polar surface area (TPSA) is 113 Å². The second-order valence-corrected chi connectivity index (χ2v) is 3.85. The molecule has 0 fully saturated rings. The molecule has 2 aromatic rings. The van der Waals surface area contributed by atoms with Gasteiger partial charge in [-0.1, -0.05) is 5.16 Å². The summed E-state index contributed by atoms with van der Waals surface area (Å²) in [6.45, 7) is 3.96. The van der Waals surface area contributed by atoms with Crippen molar-refractivity contribution < 1.29 is 18.8 Å². The summed E-state index contributed by atoms with van der Waals surface area (Å²) < 4.78 is 15.1. The van der Waals surface area contributed by atoms with E-state index in [9.17, 15) is 4.79 Å². The summed E-state index contributed by atoms with van der Waals surface area (Å²) >= 11 is 0. The van der Waals surface area contributed by atoms with Crippen molar-refractivity contribution in [3.05, 3.63) is 24.2 Å². The number of aromatic nitrogens is 3. The Bertz CT molecular complexity index is 599. The molecule has 106 valence electrons. The summed E-state index contributed by atoms with van der Waals surface area (Å²) in [6, 6.07) is 3.41. The summed E-state index contributed by atoms with van der Waals surface area (Å²) in [5.41, 5.74) is 5.61. The van der Waals surface area contributed by atoms with Gasteiger partial charge in [0.1, 0.15) is 0 Å². The monoisotopic (exact) mass is 278 g/mol. The Morgan fingerprint density at radius 1 is 1.55 bits per heavy atom. The zero-order chi connectivity index (χ0) is 14.5. The van der Waals surface area contributed by atoms with Gasteiger partial charge in [-0.3, -0.25) is 0 Å². The van der Waals surface area contributed by atoms with Crippen LogP contribution < -0.4 is 10.5 Å². The molecule has 0 radical (unpaired) electrons. The number of hydrogen-bond donors (Lipinski definition) is 1. The molecule has 1 amide bonds. The first kappa shape index (κ1) is 13.8. The molecule has 1 atom stereocenters. The van der Waals surface area contributed by atoms with Gasteiger partial charge in [-0.15, -0.1) is 0 Å². The van der Waals surface area contributed by atoms with E-state index in [2.05, 4.69) is 15.1 Å². The molecule has 2 N–H and O–H groups in total. The number of primary amides is 1. The van der Waals surface area contributed by atoms with E-state index in [1.165, 1.54) is 0 Å². The van der Waals surface area contributed by atoms with Gasteiger partial charge >= 0.3 is 6.09 Å². The summed E-state index contributed by atoms with van der Waals surface area (Å²) in [5.74, 6) is 0.981. The molecule has 0 aliphatic heterocycles. The highest BCUT2D eigenvalue weighted by Crippen LogP contribution is 2.22. The van der Waals surface area contributed by atoms with Crippen molar-refractivity contribution in [3.8, 4) is 17.3 Å². The molecule has 2 heterocycles. The number of carbonyl (C=O) groups excluding carboxylic acids is 1. The predicted octanol–water partition coefficient (Wildman–Crippen LogP) is 1.69. The van der Waals surface area contributed by atoms with Crippen molar-refractivity contribution in [2.75, 3.05) is 6.61 Å². The fraction of sp³-hybridized carbons (Fsp3) is 0.333. The van der Waals surface area contributed by atoms with E-state index in [-0.39, 0.29) is 5.89 Å². The Morgan fingerprint density at radius 3 is 3.05 bits per heavy atom. The smallest absolute Gasteiger partial charge is 0.405 e. The minimum Gasteiger partial charge on any atom is -0.478 e. The SMILES string of the molecule is CCOc1cc(-c2noc([C@H](C)OC(N)=O)n2)ccn1. The molecule has 8 heteroatoms. The van der Waals surface area contributed by atoms with Crippen LogP contribution in [0.15, 0.2) is 22.9 Å². The zero-order valence-corrected chi connectivity index (χ0v) is 11.1. The van der Waals surface area contributed by atoms with Crippen LogP contribution in [0.3, 0.4) is 0 Å². The lowest BCUT2D eigenvalue weighted by Gasteiger charge is -2.04. The van der Waals surface area contributed by atoms with Crippen LogP contribution in [0.1, 0.15) is 25.8 Å². The first-order chi connectivity index (χ1) is 9.60. The van der Waals surface area contributed by atoms with E-state index in [0.29, 0.717) is 23.9 Å². The molecule has 2 aromatic heterocycles. The number of amides is 1. The van der Waals surface area contributed by atoms with Gasteiger partial charge in [0.15, 0.2) is 6.10 Å². The second kappa shape index (κ2) is 6.00. The van der Waals surface area contributed by atoms with Crippen LogP contribution in [0.2, 0.25) is 0 Å². The molecule has 8 nitrogen and oxygen atoms in total. The lowest BCUT2D eigenvalue weighted by molar-refractivity contribution is 0.0959. The summed E-state index contributed by atoms with van der Waals surface area (Å²) in [5, 5.41) is 3.81. The van der Waals surface area contributed by atoms with E-state index < -0.39 is 12.2 Å². The van der Waals surface area contributed by atoms with Gasteiger partial charge in [-0.05, 0) is 19.9 Å². The highest BCUT2D eigenvalue weighted by Gasteiger charge is 2.18. The van der Waals surface area contributed by atoms with Gasteiger partial charge in [0.05, 0.1) is 6.61 Å². The Morgan fingerprint density at radius 2 is 2.35 bits per heavy atom. The largest absolute Gasteiger partial charge is 0.478 e. The lowest BCUT2D eigenvalue weighted by Crippen LogP contribution is -2.15. The molecular formula is C12H14N4O4. The van der Waals surface area contributed by atoms with Crippen LogP contribution in [0.5, 0.6) is 5.88 Å². The molecule has 0 aliphatic rings. The maximum Gasteiger partial charge on any atom is 0.405 e. The highest BCUT2D eigenvalue weighted by molar-refractivity contribution is 5.64. The molecule has 0 spiro atoms. The number of nitrogens with two attached hydrogens (primary N) is 1. The molecular weight excluding hydrogens is 264 g/mol. The number of hydrogen-bond acceptors (Lipinski definition) is 7. The molecule has 0 saturated heterocycles. The van der Waals surface area contributed by atoms with E-state index >= 15 is 0 Å². The lowest BCUT2D eigenvalue weighted by atomic mass is 10.2. The van der Waals surface area contributed by atoms with Gasteiger partial charge in [-0.2, -0.15) is 4.98 Å². The average molecular weight is 278 g/mol. The standard InChI is InChI=1S/C12H14N4O4/c1-3-18-9-6-8(4-5-14-9)10-15-11(20-16-10)7(2)19-12(13)17/h4-7H,3H2,1-2H3,(H2,13,17)/t7-/m0/s1. The summed E-state index contributed by atoms with van der Waals surface area (Å²) in [7, 11) is 0. The molecule has 0 bridgehead atoms. The van der Waals surface area contributed by atoms with Crippen molar-refractivity contribution in [3.63, 3.8) is 0 Å². The number of carbonyl (C=O) groups is 1. The zero-order valence-electron chi connectivity index (χ0n) is 11.1. The molecule has 2 rings (SSSR count).